The van der Waals surface area contributed by atoms with Gasteiger partial charge in [-0.2, -0.15) is 0 Å². The number of benzene rings is 1. The molecule has 1 heterocycles. The highest BCUT2D eigenvalue weighted by Gasteiger charge is 2.26. The predicted molar refractivity (Wildman–Crippen MR) is 87.2 cm³/mol. The van der Waals surface area contributed by atoms with Crippen molar-refractivity contribution in [1.29, 1.82) is 0 Å². The van der Waals surface area contributed by atoms with Crippen LogP contribution in [0.3, 0.4) is 0 Å². The number of aliphatic hydroxyl groups is 1. The number of aromatic nitrogens is 1. The predicted octanol–water partition coefficient (Wildman–Crippen LogP) is 4.15. The highest BCUT2D eigenvalue weighted by atomic mass is 35.5. The fourth-order valence-electron chi connectivity index (χ4n) is 2.14. The number of halogens is 2. The molecule has 112 valence electrons. The van der Waals surface area contributed by atoms with Gasteiger partial charge in [0.05, 0.1) is 16.8 Å². The molecular weight excluding hydrogens is 327 g/mol. The van der Waals surface area contributed by atoms with Crippen molar-refractivity contribution >= 4 is 34.5 Å². The van der Waals surface area contributed by atoms with E-state index < -0.39 is 6.10 Å². The van der Waals surface area contributed by atoms with Gasteiger partial charge in [-0.05, 0) is 25.0 Å². The molecule has 3 nitrogen and oxygen atoms in total. The summed E-state index contributed by atoms with van der Waals surface area (Å²) in [7, 11) is 0. The number of nitrogens with zero attached hydrogens (tertiary/aromatic N) is 1. The van der Waals surface area contributed by atoms with E-state index in [1.165, 1.54) is 17.8 Å². The summed E-state index contributed by atoms with van der Waals surface area (Å²) >= 11 is 13.7. The molecule has 3 rings (SSSR count). The fraction of sp³-hybridized carbons (Fsp3) is 0.400. The number of nitrogens with one attached hydrogen (secondary N) is 1. The topological polar surface area (TPSA) is 45.1 Å². The van der Waals surface area contributed by atoms with Gasteiger partial charge < -0.3 is 10.4 Å². The second kappa shape index (κ2) is 6.63. The maximum Gasteiger partial charge on any atom is 0.0959 e. The van der Waals surface area contributed by atoms with Crippen LogP contribution in [0.2, 0.25) is 10.0 Å². The molecule has 0 aliphatic heterocycles. The zero-order valence-electron chi connectivity index (χ0n) is 11.4. The van der Waals surface area contributed by atoms with Crippen molar-refractivity contribution in [1.82, 2.24) is 10.3 Å². The largest absolute Gasteiger partial charge is 0.387 e. The summed E-state index contributed by atoms with van der Waals surface area (Å²) in [6.45, 7) is 1.09. The third-order valence-electron chi connectivity index (χ3n) is 3.46. The van der Waals surface area contributed by atoms with E-state index in [2.05, 4.69) is 15.7 Å². The minimum Gasteiger partial charge on any atom is -0.387 e. The molecule has 0 radical (unpaired) electrons. The maximum absolute atomic E-state index is 10.2. The number of rotatable bonds is 6. The van der Waals surface area contributed by atoms with E-state index in [1.54, 1.807) is 29.5 Å². The molecule has 2 N–H and O–H groups in total. The van der Waals surface area contributed by atoms with Crippen LogP contribution in [0.25, 0.3) is 0 Å². The van der Waals surface area contributed by atoms with Crippen LogP contribution in [-0.2, 0) is 6.54 Å². The Hall–Kier alpha value is -0.650. The summed E-state index contributed by atoms with van der Waals surface area (Å²) in [5, 5.41) is 17.8. The van der Waals surface area contributed by atoms with Gasteiger partial charge in [0.1, 0.15) is 0 Å². The van der Waals surface area contributed by atoms with Gasteiger partial charge >= 0.3 is 0 Å². The molecule has 6 heteroatoms. The summed E-state index contributed by atoms with van der Waals surface area (Å²) in [5.41, 5.74) is 1.72. The van der Waals surface area contributed by atoms with Crippen LogP contribution in [0.5, 0.6) is 0 Å². The Morgan fingerprint density at radius 3 is 2.90 bits per heavy atom. The normalized spacial score (nSPS) is 16.1. The minimum atomic E-state index is -0.656. The molecule has 2 aromatic rings. The first-order chi connectivity index (χ1) is 10.1. The molecule has 1 aromatic heterocycles. The van der Waals surface area contributed by atoms with Gasteiger partial charge in [-0.15, -0.1) is 11.3 Å². The number of hydrogen-bond donors (Lipinski definition) is 2. The molecule has 1 aliphatic rings. The van der Waals surface area contributed by atoms with Gasteiger partial charge in [0.15, 0.2) is 0 Å². The molecule has 1 unspecified atom stereocenters. The van der Waals surface area contributed by atoms with Crippen LogP contribution < -0.4 is 5.32 Å². The highest BCUT2D eigenvalue weighted by molar-refractivity contribution is 7.09. The Morgan fingerprint density at radius 1 is 1.38 bits per heavy atom. The monoisotopic (exact) mass is 342 g/mol. The van der Waals surface area contributed by atoms with Gasteiger partial charge in [-0.3, -0.25) is 0 Å². The Labute approximate surface area is 137 Å². The van der Waals surface area contributed by atoms with E-state index in [4.69, 9.17) is 23.2 Å². The van der Waals surface area contributed by atoms with E-state index in [9.17, 15) is 5.11 Å². The van der Waals surface area contributed by atoms with Crippen molar-refractivity contribution in [3.63, 3.8) is 0 Å². The van der Waals surface area contributed by atoms with Gasteiger partial charge in [0.25, 0.3) is 0 Å². The van der Waals surface area contributed by atoms with E-state index in [-0.39, 0.29) is 0 Å². The smallest absolute Gasteiger partial charge is 0.0959 e. The van der Waals surface area contributed by atoms with Gasteiger partial charge in [0, 0.05) is 40.0 Å². The molecule has 0 saturated heterocycles. The quantitative estimate of drug-likeness (QED) is 0.828. The van der Waals surface area contributed by atoms with E-state index in [0.29, 0.717) is 34.6 Å². The average molecular weight is 343 g/mol. The Kier molecular flexibility index (Phi) is 4.82. The first kappa shape index (κ1) is 15.3. The Bertz CT molecular complexity index is 628. The van der Waals surface area contributed by atoms with Crippen molar-refractivity contribution in [2.75, 3.05) is 6.54 Å². The zero-order valence-corrected chi connectivity index (χ0v) is 13.7. The molecule has 1 fully saturated rings. The Morgan fingerprint density at radius 2 is 2.19 bits per heavy atom. The number of hydrogen-bond acceptors (Lipinski definition) is 4. The van der Waals surface area contributed by atoms with Crippen molar-refractivity contribution in [2.24, 2.45) is 0 Å². The third kappa shape index (κ3) is 3.96. The average Bonchev–Trinajstić information content (AvgIpc) is 3.19. The van der Waals surface area contributed by atoms with E-state index in [0.717, 1.165) is 5.69 Å². The summed E-state index contributed by atoms with van der Waals surface area (Å²) in [5.74, 6) is 0.696. The standard InChI is InChI=1S/C15H16Cl2N2OS/c16-10-3-4-12(13(17)5-10)14(20)7-18-6-11-8-21-15(19-11)9-1-2-9/h3-5,8-9,14,18,20H,1-2,6-7H2. The first-order valence-electron chi connectivity index (χ1n) is 6.91. The lowest BCUT2D eigenvalue weighted by atomic mass is 10.1. The lowest BCUT2D eigenvalue weighted by molar-refractivity contribution is 0.174. The second-order valence-corrected chi connectivity index (χ2v) is 7.00. The lowest BCUT2D eigenvalue weighted by Crippen LogP contribution is -2.21. The van der Waals surface area contributed by atoms with Gasteiger partial charge in [-0.25, -0.2) is 4.98 Å². The minimum absolute atomic E-state index is 0.428. The summed E-state index contributed by atoms with van der Waals surface area (Å²) in [6, 6.07) is 5.13. The molecule has 0 spiro atoms. The molecular formula is C15H16Cl2N2OS. The lowest BCUT2D eigenvalue weighted by Gasteiger charge is -2.13. The molecule has 1 atom stereocenters. The zero-order chi connectivity index (χ0) is 14.8. The van der Waals surface area contributed by atoms with Crippen molar-refractivity contribution in [3.8, 4) is 0 Å². The van der Waals surface area contributed by atoms with E-state index >= 15 is 0 Å². The van der Waals surface area contributed by atoms with Crippen LogP contribution in [-0.4, -0.2) is 16.6 Å². The molecule has 21 heavy (non-hydrogen) atoms. The Balaban J connectivity index is 1.51. The van der Waals surface area contributed by atoms with Gasteiger partial charge in [0.2, 0.25) is 0 Å². The second-order valence-electron chi connectivity index (χ2n) is 5.26. The van der Waals surface area contributed by atoms with E-state index in [1.807, 2.05) is 0 Å². The summed E-state index contributed by atoms with van der Waals surface area (Å²) in [4.78, 5) is 4.60. The van der Waals surface area contributed by atoms with Crippen LogP contribution >= 0.6 is 34.5 Å². The first-order valence-corrected chi connectivity index (χ1v) is 8.55. The number of thiazole rings is 1. The van der Waals surface area contributed by atoms with Crippen molar-refractivity contribution in [2.45, 2.75) is 31.4 Å². The fourth-order valence-corrected chi connectivity index (χ4v) is 3.67. The van der Waals surface area contributed by atoms with Crippen LogP contribution in [0, 0.1) is 0 Å². The summed E-state index contributed by atoms with van der Waals surface area (Å²) in [6.07, 6.45) is 1.89. The van der Waals surface area contributed by atoms with Crippen LogP contribution in [0.1, 0.15) is 41.1 Å². The summed E-state index contributed by atoms with van der Waals surface area (Å²) < 4.78 is 0. The molecule has 0 bridgehead atoms. The SMILES string of the molecule is OC(CNCc1csc(C2CC2)n1)c1ccc(Cl)cc1Cl. The van der Waals surface area contributed by atoms with Crippen molar-refractivity contribution < 1.29 is 5.11 Å². The highest BCUT2D eigenvalue weighted by Crippen LogP contribution is 2.41. The number of aliphatic hydroxyl groups excluding tert-OH is 1. The van der Waals surface area contributed by atoms with Gasteiger partial charge in [-0.1, -0.05) is 29.3 Å². The maximum atomic E-state index is 10.2. The molecule has 0 amide bonds. The van der Waals surface area contributed by atoms with Crippen molar-refractivity contribution in [3.05, 3.63) is 49.9 Å². The third-order valence-corrected chi connectivity index (χ3v) is 5.08. The molecule has 1 aromatic carbocycles. The molecule has 1 saturated carbocycles. The van der Waals surface area contributed by atoms with Crippen LogP contribution in [0.4, 0.5) is 0 Å². The molecule has 1 aliphatic carbocycles. The van der Waals surface area contributed by atoms with Crippen LogP contribution in [0.15, 0.2) is 23.6 Å².